The van der Waals surface area contributed by atoms with Crippen molar-refractivity contribution in [3.63, 3.8) is 0 Å². The van der Waals surface area contributed by atoms with Gasteiger partial charge in [0.05, 0.1) is 0 Å². The average molecular weight is 259 g/mol. The third-order valence-electron chi connectivity index (χ3n) is 1.96. The minimum Gasteiger partial charge on any atom is -0.441 e. The van der Waals surface area contributed by atoms with E-state index in [2.05, 4.69) is 10.3 Å². The number of aromatic nitrogens is 1. The molecule has 2 rings (SSSR count). The first-order valence-electron chi connectivity index (χ1n) is 4.52. The van der Waals surface area contributed by atoms with E-state index in [1.54, 1.807) is 25.1 Å². The Kier molecular flexibility index (Phi) is 3.03. The zero-order valence-electron chi connectivity index (χ0n) is 8.33. The predicted octanol–water partition coefficient (Wildman–Crippen LogP) is 2.88. The lowest BCUT2D eigenvalue weighted by Gasteiger charge is -2.04. The van der Waals surface area contributed by atoms with Crippen LogP contribution >= 0.6 is 23.2 Å². The largest absolute Gasteiger partial charge is 0.441 e. The van der Waals surface area contributed by atoms with Crippen molar-refractivity contribution in [2.24, 2.45) is 0 Å². The Morgan fingerprint density at radius 2 is 2.25 bits per heavy atom. The number of carbonyl (C=O) groups is 1. The zero-order chi connectivity index (χ0) is 11.7. The van der Waals surface area contributed by atoms with E-state index in [-0.39, 0.29) is 0 Å². The molecule has 1 aromatic heterocycles. The van der Waals surface area contributed by atoms with Crippen LogP contribution in [0.25, 0.3) is 11.1 Å². The highest BCUT2D eigenvalue weighted by Gasteiger charge is 2.12. The second-order valence-corrected chi connectivity index (χ2v) is 4.30. The fourth-order valence-corrected chi connectivity index (χ4v) is 1.42. The number of rotatable bonds is 2. The smallest absolute Gasteiger partial charge is 0.257 e. The van der Waals surface area contributed by atoms with Crippen LogP contribution < -0.4 is 5.32 Å². The van der Waals surface area contributed by atoms with Gasteiger partial charge in [-0.2, -0.15) is 0 Å². The van der Waals surface area contributed by atoms with Gasteiger partial charge in [0, 0.05) is 18.7 Å². The summed E-state index contributed by atoms with van der Waals surface area (Å²) in [6, 6.07) is 5.13. The normalized spacial score (nSPS) is 11.0. The molecule has 1 aromatic carbocycles. The molecule has 0 atom stereocenters. The van der Waals surface area contributed by atoms with Gasteiger partial charge in [-0.05, 0) is 12.1 Å². The monoisotopic (exact) mass is 258 g/mol. The number of benzene rings is 1. The number of alkyl halides is 2. The first-order valence-corrected chi connectivity index (χ1v) is 5.40. The molecule has 0 saturated carbocycles. The number of fused-ring (bicyclic) bond motifs is 1. The summed E-state index contributed by atoms with van der Waals surface area (Å²) in [6.45, 7) is 1.76. The fourth-order valence-electron chi connectivity index (χ4n) is 1.31. The molecular weight excluding hydrogens is 251 g/mol. The van der Waals surface area contributed by atoms with Gasteiger partial charge in [-0.3, -0.25) is 4.79 Å². The number of carbonyl (C=O) groups excluding carboxylic acids is 1. The molecule has 2 aromatic rings. The lowest BCUT2D eigenvalue weighted by Crippen LogP contribution is -2.18. The molecule has 1 heterocycles. The van der Waals surface area contributed by atoms with Crippen LogP contribution in [0.15, 0.2) is 22.6 Å². The van der Waals surface area contributed by atoms with Gasteiger partial charge in [-0.25, -0.2) is 4.98 Å². The first kappa shape index (κ1) is 11.2. The number of nitrogens with zero attached hydrogens (tertiary/aromatic N) is 1. The van der Waals surface area contributed by atoms with Crippen LogP contribution in [0.2, 0.25) is 0 Å². The van der Waals surface area contributed by atoms with E-state index in [4.69, 9.17) is 27.6 Å². The van der Waals surface area contributed by atoms with Crippen LogP contribution in [0.1, 0.15) is 5.89 Å². The second kappa shape index (κ2) is 4.31. The van der Waals surface area contributed by atoms with Crippen LogP contribution in [-0.2, 0) is 4.79 Å². The van der Waals surface area contributed by atoms with Gasteiger partial charge < -0.3 is 9.73 Å². The summed E-state index contributed by atoms with van der Waals surface area (Å²) in [6.07, 6.45) is 0. The van der Waals surface area contributed by atoms with Gasteiger partial charge in [0.1, 0.15) is 5.52 Å². The Morgan fingerprint density at radius 3 is 2.94 bits per heavy atom. The van der Waals surface area contributed by atoms with Gasteiger partial charge in [-0.1, -0.05) is 23.2 Å². The van der Waals surface area contributed by atoms with E-state index in [1.807, 2.05) is 0 Å². The highest BCUT2D eigenvalue weighted by atomic mass is 35.5. The molecule has 0 aliphatic rings. The highest BCUT2D eigenvalue weighted by molar-refractivity contribution is 6.54. The van der Waals surface area contributed by atoms with Crippen LogP contribution in [-0.4, -0.2) is 15.7 Å². The average Bonchev–Trinajstić information content (AvgIpc) is 2.57. The Hall–Kier alpha value is -1.26. The van der Waals surface area contributed by atoms with Crippen LogP contribution in [0.4, 0.5) is 5.69 Å². The molecule has 0 aliphatic heterocycles. The quantitative estimate of drug-likeness (QED) is 0.843. The molecule has 1 N–H and O–H groups in total. The number of nitrogens with one attached hydrogen (secondary N) is 1. The van der Waals surface area contributed by atoms with E-state index in [0.29, 0.717) is 17.2 Å². The molecule has 0 radical (unpaired) electrons. The van der Waals surface area contributed by atoms with Crippen molar-refractivity contribution >= 4 is 45.9 Å². The van der Waals surface area contributed by atoms with Gasteiger partial charge in [0.25, 0.3) is 5.91 Å². The van der Waals surface area contributed by atoms with Gasteiger partial charge in [-0.15, -0.1) is 0 Å². The van der Waals surface area contributed by atoms with Crippen molar-refractivity contribution in [3.8, 4) is 0 Å². The first-order chi connectivity index (χ1) is 7.56. The van der Waals surface area contributed by atoms with Crippen molar-refractivity contribution in [2.45, 2.75) is 11.8 Å². The van der Waals surface area contributed by atoms with E-state index in [0.717, 1.165) is 5.52 Å². The van der Waals surface area contributed by atoms with Crippen molar-refractivity contribution in [1.82, 2.24) is 4.98 Å². The molecule has 0 unspecified atom stereocenters. The van der Waals surface area contributed by atoms with Crippen LogP contribution in [0, 0.1) is 6.92 Å². The molecule has 0 aliphatic carbocycles. The molecule has 0 bridgehead atoms. The van der Waals surface area contributed by atoms with Gasteiger partial charge in [0.15, 0.2) is 16.3 Å². The number of hydrogen-bond donors (Lipinski definition) is 1. The third kappa shape index (κ3) is 2.28. The molecule has 4 nitrogen and oxygen atoms in total. The molecular formula is C10H8Cl2N2O2. The van der Waals surface area contributed by atoms with E-state index >= 15 is 0 Å². The maximum atomic E-state index is 11.2. The molecule has 0 fully saturated rings. The number of amides is 1. The molecule has 6 heteroatoms. The maximum absolute atomic E-state index is 11.2. The summed E-state index contributed by atoms with van der Waals surface area (Å²) in [5.41, 5.74) is 1.92. The van der Waals surface area contributed by atoms with Crippen molar-refractivity contribution < 1.29 is 9.21 Å². The predicted molar refractivity (Wildman–Crippen MR) is 62.9 cm³/mol. The summed E-state index contributed by atoms with van der Waals surface area (Å²) in [4.78, 5) is 14.3. The standard InChI is InChI=1S/C10H8Cl2N2O2/c1-5-13-7-3-2-6(4-8(7)16-5)14-10(15)9(11)12/h2-4,9H,1H3,(H,14,15). The third-order valence-corrected chi connectivity index (χ3v) is 2.36. The van der Waals surface area contributed by atoms with Gasteiger partial charge in [0.2, 0.25) is 0 Å². The second-order valence-electron chi connectivity index (χ2n) is 3.21. The van der Waals surface area contributed by atoms with E-state index < -0.39 is 10.7 Å². The molecule has 0 spiro atoms. The lowest BCUT2D eigenvalue weighted by molar-refractivity contribution is -0.114. The minimum absolute atomic E-state index is 0.473. The maximum Gasteiger partial charge on any atom is 0.257 e. The topological polar surface area (TPSA) is 55.1 Å². The lowest BCUT2D eigenvalue weighted by atomic mass is 10.3. The van der Waals surface area contributed by atoms with Crippen molar-refractivity contribution in [2.75, 3.05) is 5.32 Å². The van der Waals surface area contributed by atoms with E-state index in [9.17, 15) is 4.79 Å². The minimum atomic E-state index is -1.09. The van der Waals surface area contributed by atoms with Crippen LogP contribution in [0.3, 0.4) is 0 Å². The fraction of sp³-hybridized carbons (Fsp3) is 0.200. The Morgan fingerprint density at radius 1 is 1.50 bits per heavy atom. The highest BCUT2D eigenvalue weighted by Crippen LogP contribution is 2.20. The van der Waals surface area contributed by atoms with Gasteiger partial charge >= 0.3 is 0 Å². The summed E-state index contributed by atoms with van der Waals surface area (Å²) in [5.74, 6) is 0.102. The summed E-state index contributed by atoms with van der Waals surface area (Å²) in [7, 11) is 0. The Balaban J connectivity index is 2.29. The molecule has 84 valence electrons. The summed E-state index contributed by atoms with van der Waals surface area (Å²) < 4.78 is 5.32. The number of halogens is 2. The molecule has 16 heavy (non-hydrogen) atoms. The van der Waals surface area contributed by atoms with E-state index in [1.165, 1.54) is 0 Å². The van der Waals surface area contributed by atoms with Crippen LogP contribution in [0.5, 0.6) is 0 Å². The number of anilines is 1. The molecule has 0 saturated heterocycles. The molecule has 1 amide bonds. The Labute approximate surface area is 102 Å². The SMILES string of the molecule is Cc1nc2ccc(NC(=O)C(Cl)Cl)cc2o1. The number of oxazole rings is 1. The number of aryl methyl sites for hydroxylation is 1. The number of hydrogen-bond acceptors (Lipinski definition) is 3. The van der Waals surface area contributed by atoms with Crippen molar-refractivity contribution in [1.29, 1.82) is 0 Å². The Bertz CT molecular complexity index is 537. The summed E-state index contributed by atoms with van der Waals surface area (Å²) in [5, 5.41) is 2.55. The summed E-state index contributed by atoms with van der Waals surface area (Å²) >= 11 is 10.8. The van der Waals surface area contributed by atoms with Crippen molar-refractivity contribution in [3.05, 3.63) is 24.1 Å². The zero-order valence-corrected chi connectivity index (χ0v) is 9.84.